The summed E-state index contributed by atoms with van der Waals surface area (Å²) in [5, 5.41) is 0.892. The maximum absolute atomic E-state index is 13.6. The third-order valence-electron chi connectivity index (χ3n) is 5.64. The van der Waals surface area contributed by atoms with Crippen LogP contribution in [0.15, 0.2) is 77.7 Å². The van der Waals surface area contributed by atoms with Crippen LogP contribution in [0.3, 0.4) is 0 Å². The van der Waals surface area contributed by atoms with E-state index in [4.69, 9.17) is 10.7 Å². The number of aryl methyl sites for hydroxylation is 1. The van der Waals surface area contributed by atoms with Crippen molar-refractivity contribution in [2.75, 3.05) is 16.6 Å². The third kappa shape index (κ3) is 2.83. The van der Waals surface area contributed by atoms with Gasteiger partial charge in [0.2, 0.25) is 0 Å². The molecule has 0 unspecified atom stereocenters. The third-order valence-corrected chi connectivity index (χ3v) is 7.47. The number of hydrogen-bond donors (Lipinski definition) is 1. The van der Waals surface area contributed by atoms with Gasteiger partial charge in [-0.2, -0.15) is 0 Å². The number of nitrogens with zero attached hydrogens (tertiary/aromatic N) is 2. The monoisotopic (exact) mass is 415 g/mol. The number of hydrogen-bond acceptors (Lipinski definition) is 4. The van der Waals surface area contributed by atoms with E-state index in [0.29, 0.717) is 24.3 Å². The van der Waals surface area contributed by atoms with Crippen LogP contribution in [0.4, 0.5) is 11.4 Å². The molecule has 0 aliphatic carbocycles. The van der Waals surface area contributed by atoms with E-state index >= 15 is 0 Å². The molecule has 4 aromatic rings. The van der Waals surface area contributed by atoms with Crippen LogP contribution in [0.1, 0.15) is 11.1 Å². The Morgan fingerprint density at radius 2 is 1.63 bits per heavy atom. The zero-order valence-electron chi connectivity index (χ0n) is 16.5. The van der Waals surface area contributed by atoms with Gasteiger partial charge < -0.3 is 5.73 Å². The lowest BCUT2D eigenvalue weighted by atomic mass is 9.99. The fourth-order valence-corrected chi connectivity index (χ4v) is 5.55. The fraction of sp³-hybridized carbons (Fsp3) is 0.125. The fourth-order valence-electron chi connectivity index (χ4n) is 4.07. The van der Waals surface area contributed by atoms with E-state index in [2.05, 4.69) is 0 Å². The number of fused-ring (bicyclic) bond motifs is 4. The van der Waals surface area contributed by atoms with Crippen molar-refractivity contribution in [2.24, 2.45) is 0 Å². The van der Waals surface area contributed by atoms with Crippen molar-refractivity contribution < 1.29 is 8.42 Å². The second-order valence-corrected chi connectivity index (χ2v) is 9.39. The summed E-state index contributed by atoms with van der Waals surface area (Å²) < 4.78 is 28.6. The Morgan fingerprint density at radius 3 is 2.43 bits per heavy atom. The van der Waals surface area contributed by atoms with Gasteiger partial charge in [0.25, 0.3) is 10.0 Å². The molecule has 0 spiro atoms. The molecule has 0 saturated heterocycles. The van der Waals surface area contributed by atoms with Crippen LogP contribution < -0.4 is 10.0 Å². The predicted octanol–water partition coefficient (Wildman–Crippen LogP) is 4.54. The summed E-state index contributed by atoms with van der Waals surface area (Å²) in [6.45, 7) is 2.23. The smallest absolute Gasteiger partial charge is 0.264 e. The normalized spacial score (nSPS) is 13.6. The second kappa shape index (κ2) is 6.85. The highest BCUT2D eigenvalue weighted by molar-refractivity contribution is 7.92. The Balaban J connectivity index is 1.74. The Bertz CT molecular complexity index is 1380. The Morgan fingerprint density at radius 1 is 0.933 bits per heavy atom. The van der Waals surface area contributed by atoms with E-state index in [0.717, 1.165) is 33.3 Å². The number of sulfonamides is 1. The number of benzene rings is 3. The van der Waals surface area contributed by atoms with E-state index in [1.165, 1.54) is 4.31 Å². The number of nitrogen functional groups attached to an aromatic ring is 1. The Labute approximate surface area is 175 Å². The SMILES string of the molecule is Cc1ccc(S(=O)(=O)N2CCc3c(nc4ccccc4c3N)-c3ccccc32)cc1. The van der Waals surface area contributed by atoms with Crippen LogP contribution in [-0.2, 0) is 16.4 Å². The highest BCUT2D eigenvalue weighted by Crippen LogP contribution is 2.41. The quantitative estimate of drug-likeness (QED) is 0.521. The van der Waals surface area contributed by atoms with Crippen LogP contribution in [0.25, 0.3) is 22.2 Å². The van der Waals surface area contributed by atoms with Gasteiger partial charge in [-0.1, -0.05) is 54.1 Å². The maximum Gasteiger partial charge on any atom is 0.264 e. The molecule has 5 nitrogen and oxygen atoms in total. The highest BCUT2D eigenvalue weighted by atomic mass is 32.2. The number of rotatable bonds is 2. The van der Waals surface area contributed by atoms with Crippen LogP contribution in [0, 0.1) is 6.92 Å². The van der Waals surface area contributed by atoms with E-state index in [1.807, 2.05) is 67.6 Å². The molecule has 150 valence electrons. The molecule has 0 amide bonds. The molecule has 1 aliphatic heterocycles. The molecule has 30 heavy (non-hydrogen) atoms. The first-order chi connectivity index (χ1) is 14.5. The van der Waals surface area contributed by atoms with Gasteiger partial charge in [-0.3, -0.25) is 4.31 Å². The van der Waals surface area contributed by atoms with Crippen molar-refractivity contribution >= 4 is 32.3 Å². The van der Waals surface area contributed by atoms with Crippen molar-refractivity contribution in [1.82, 2.24) is 4.98 Å². The average Bonchev–Trinajstić information content (AvgIpc) is 2.92. The molecule has 0 radical (unpaired) electrons. The van der Waals surface area contributed by atoms with Gasteiger partial charge in [-0.05, 0) is 37.6 Å². The first-order valence-electron chi connectivity index (χ1n) is 9.83. The zero-order chi connectivity index (χ0) is 20.9. The number of nitrogens with two attached hydrogens (primary N) is 1. The summed E-state index contributed by atoms with van der Waals surface area (Å²) in [7, 11) is -3.73. The summed E-state index contributed by atoms with van der Waals surface area (Å²) in [5.74, 6) is 0. The molecule has 0 atom stereocenters. The van der Waals surface area contributed by atoms with Crippen molar-refractivity contribution in [1.29, 1.82) is 0 Å². The summed E-state index contributed by atoms with van der Waals surface area (Å²) in [5.41, 5.74) is 12.1. The lowest BCUT2D eigenvalue weighted by Crippen LogP contribution is -2.32. The lowest BCUT2D eigenvalue weighted by Gasteiger charge is -2.24. The van der Waals surface area contributed by atoms with Gasteiger partial charge in [-0.15, -0.1) is 0 Å². The molecule has 2 heterocycles. The minimum absolute atomic E-state index is 0.278. The van der Waals surface area contributed by atoms with Crippen LogP contribution in [-0.4, -0.2) is 19.9 Å². The molecular formula is C24H21N3O2S. The van der Waals surface area contributed by atoms with Gasteiger partial charge in [0.15, 0.2) is 0 Å². The molecule has 1 aliphatic rings. The van der Waals surface area contributed by atoms with Gasteiger partial charge in [0, 0.05) is 28.7 Å². The number of pyridine rings is 1. The van der Waals surface area contributed by atoms with Crippen LogP contribution >= 0.6 is 0 Å². The molecule has 5 rings (SSSR count). The van der Waals surface area contributed by atoms with Crippen molar-refractivity contribution in [2.45, 2.75) is 18.2 Å². The van der Waals surface area contributed by atoms with Crippen LogP contribution in [0.2, 0.25) is 0 Å². The van der Waals surface area contributed by atoms with Crippen molar-refractivity contribution in [3.8, 4) is 11.3 Å². The van der Waals surface area contributed by atoms with Crippen LogP contribution in [0.5, 0.6) is 0 Å². The average molecular weight is 416 g/mol. The van der Waals surface area contributed by atoms with Crippen molar-refractivity contribution in [3.63, 3.8) is 0 Å². The summed E-state index contributed by atoms with van der Waals surface area (Å²) >= 11 is 0. The zero-order valence-corrected chi connectivity index (χ0v) is 17.4. The first kappa shape index (κ1) is 18.6. The summed E-state index contributed by atoms with van der Waals surface area (Å²) in [4.78, 5) is 5.16. The maximum atomic E-state index is 13.6. The summed E-state index contributed by atoms with van der Waals surface area (Å²) in [6.07, 6.45) is 0.485. The van der Waals surface area contributed by atoms with Gasteiger partial charge in [0.1, 0.15) is 0 Å². The Kier molecular flexibility index (Phi) is 4.25. The molecule has 6 heteroatoms. The van der Waals surface area contributed by atoms with Crippen molar-refractivity contribution in [3.05, 3.63) is 83.9 Å². The highest BCUT2D eigenvalue weighted by Gasteiger charge is 2.31. The summed E-state index contributed by atoms with van der Waals surface area (Å²) in [6, 6.07) is 22.2. The van der Waals surface area contributed by atoms with E-state index in [1.54, 1.807) is 12.1 Å². The number of aromatic nitrogens is 1. The Hall–Kier alpha value is -3.38. The largest absolute Gasteiger partial charge is 0.398 e. The van der Waals surface area contributed by atoms with Gasteiger partial charge in [0.05, 0.1) is 21.8 Å². The lowest BCUT2D eigenvalue weighted by molar-refractivity contribution is 0.591. The molecule has 1 aromatic heterocycles. The predicted molar refractivity (Wildman–Crippen MR) is 121 cm³/mol. The minimum atomic E-state index is -3.73. The topological polar surface area (TPSA) is 76.3 Å². The molecule has 2 N–H and O–H groups in total. The standard InChI is InChI=1S/C24H21N3O2S/c1-16-10-12-17(13-11-16)30(28,29)27-15-14-20-23(25)18-6-2-4-8-21(18)26-24(20)19-7-3-5-9-22(19)27/h2-13H,14-15H2,1H3,(H2,25,26). The van der Waals surface area contributed by atoms with Gasteiger partial charge >= 0.3 is 0 Å². The molecule has 0 saturated carbocycles. The first-order valence-corrected chi connectivity index (χ1v) is 11.3. The van der Waals surface area contributed by atoms with E-state index in [9.17, 15) is 8.42 Å². The second-order valence-electron chi connectivity index (χ2n) is 7.53. The molecule has 3 aromatic carbocycles. The molecule has 0 fully saturated rings. The number of para-hydroxylation sites is 2. The van der Waals surface area contributed by atoms with E-state index < -0.39 is 10.0 Å². The van der Waals surface area contributed by atoms with E-state index in [-0.39, 0.29) is 4.90 Å². The number of anilines is 2. The molecule has 0 bridgehead atoms. The minimum Gasteiger partial charge on any atom is -0.398 e. The molecular weight excluding hydrogens is 394 g/mol. The van der Waals surface area contributed by atoms with Gasteiger partial charge in [-0.25, -0.2) is 13.4 Å².